The number of rotatable bonds is 4. The number of anilines is 1. The van der Waals surface area contributed by atoms with E-state index in [9.17, 15) is 9.18 Å². The molecule has 2 rings (SSSR count). The molecule has 1 aromatic rings. The van der Waals surface area contributed by atoms with Gasteiger partial charge in [0.25, 0.3) is 0 Å². The van der Waals surface area contributed by atoms with E-state index in [1.807, 2.05) is 27.7 Å². The predicted molar refractivity (Wildman–Crippen MR) is 89.0 cm³/mol. The molecule has 1 aliphatic rings. The Kier molecular flexibility index (Phi) is 5.14. The molecular formula is C17H26FN3O2. The Morgan fingerprint density at radius 1 is 1.52 bits per heavy atom. The lowest BCUT2D eigenvalue weighted by Crippen LogP contribution is -2.54. The Hall–Kier alpha value is -1.82. The van der Waals surface area contributed by atoms with E-state index in [-0.39, 0.29) is 17.9 Å². The van der Waals surface area contributed by atoms with E-state index in [0.717, 1.165) is 24.2 Å². The van der Waals surface area contributed by atoms with Gasteiger partial charge in [0.15, 0.2) is 0 Å². The molecule has 1 amide bonds. The van der Waals surface area contributed by atoms with Crippen LogP contribution in [0.5, 0.6) is 0 Å². The highest BCUT2D eigenvalue weighted by molar-refractivity contribution is 5.68. The molecule has 1 fully saturated rings. The van der Waals surface area contributed by atoms with Crippen molar-refractivity contribution < 1.29 is 13.9 Å². The zero-order valence-corrected chi connectivity index (χ0v) is 14.2. The van der Waals surface area contributed by atoms with E-state index in [1.54, 1.807) is 6.07 Å². The molecule has 0 saturated carbocycles. The number of nitrogens with zero attached hydrogens (tertiary/aromatic N) is 1. The number of ether oxygens (including phenoxy) is 1. The second kappa shape index (κ2) is 6.74. The maximum atomic E-state index is 13.5. The number of benzene rings is 1. The summed E-state index contributed by atoms with van der Waals surface area (Å²) in [4.78, 5) is 13.9. The highest BCUT2D eigenvalue weighted by atomic mass is 19.1. The summed E-state index contributed by atoms with van der Waals surface area (Å²) in [6.45, 7) is 8.68. The van der Waals surface area contributed by atoms with Crippen molar-refractivity contribution >= 4 is 11.8 Å². The Balaban J connectivity index is 1.99. The molecular weight excluding hydrogens is 297 g/mol. The SMILES string of the molecule is C[C@@H](N)c1cc(F)ccc1N1CCC1CNC(=O)OC(C)(C)C. The van der Waals surface area contributed by atoms with E-state index in [4.69, 9.17) is 10.5 Å². The van der Waals surface area contributed by atoms with E-state index in [0.29, 0.717) is 6.54 Å². The summed E-state index contributed by atoms with van der Waals surface area (Å²) in [5.41, 5.74) is 7.16. The molecule has 0 aliphatic carbocycles. The average molecular weight is 323 g/mol. The van der Waals surface area contributed by atoms with Crippen LogP contribution in [0.15, 0.2) is 18.2 Å². The molecule has 1 aromatic carbocycles. The molecule has 1 heterocycles. The van der Waals surface area contributed by atoms with Crippen molar-refractivity contribution in [2.45, 2.75) is 51.8 Å². The lowest BCUT2D eigenvalue weighted by molar-refractivity contribution is 0.0521. The zero-order valence-electron chi connectivity index (χ0n) is 14.2. The molecule has 0 spiro atoms. The number of hydrogen-bond donors (Lipinski definition) is 2. The van der Waals surface area contributed by atoms with Gasteiger partial charge in [-0.15, -0.1) is 0 Å². The fraction of sp³-hybridized carbons (Fsp3) is 0.588. The number of alkyl carbamates (subject to hydrolysis) is 1. The van der Waals surface area contributed by atoms with Gasteiger partial charge in [-0.3, -0.25) is 0 Å². The standard InChI is InChI=1S/C17H26FN3O2/c1-11(19)14-9-12(18)5-6-15(14)21-8-7-13(21)10-20-16(22)23-17(2,3)4/h5-6,9,11,13H,7-8,10,19H2,1-4H3,(H,20,22)/t11-,13?/m1/s1. The molecule has 1 saturated heterocycles. The van der Waals surface area contributed by atoms with Gasteiger partial charge in [0.2, 0.25) is 0 Å². The van der Waals surface area contributed by atoms with Crippen LogP contribution in [0.4, 0.5) is 14.9 Å². The molecule has 0 aromatic heterocycles. The molecule has 5 nitrogen and oxygen atoms in total. The Bertz CT molecular complexity index is 569. The highest BCUT2D eigenvalue weighted by Gasteiger charge is 2.31. The molecule has 2 atom stereocenters. The third-order valence-corrected chi connectivity index (χ3v) is 3.81. The Morgan fingerprint density at radius 2 is 2.22 bits per heavy atom. The lowest BCUT2D eigenvalue weighted by atomic mass is 9.97. The van der Waals surface area contributed by atoms with Crippen LogP contribution in [0.1, 0.15) is 45.7 Å². The van der Waals surface area contributed by atoms with Crippen LogP contribution in [0, 0.1) is 5.82 Å². The summed E-state index contributed by atoms with van der Waals surface area (Å²) < 4.78 is 18.7. The first-order valence-corrected chi connectivity index (χ1v) is 7.96. The molecule has 6 heteroatoms. The number of halogens is 1. The summed E-state index contributed by atoms with van der Waals surface area (Å²) >= 11 is 0. The van der Waals surface area contributed by atoms with Crippen LogP contribution in [-0.2, 0) is 4.74 Å². The van der Waals surface area contributed by atoms with Gasteiger partial charge in [-0.25, -0.2) is 9.18 Å². The Morgan fingerprint density at radius 3 is 2.74 bits per heavy atom. The third kappa shape index (κ3) is 4.58. The molecule has 1 unspecified atom stereocenters. The minimum Gasteiger partial charge on any atom is -0.444 e. The van der Waals surface area contributed by atoms with Gasteiger partial charge >= 0.3 is 6.09 Å². The summed E-state index contributed by atoms with van der Waals surface area (Å²) in [5.74, 6) is -0.287. The smallest absolute Gasteiger partial charge is 0.407 e. The van der Waals surface area contributed by atoms with Crippen molar-refractivity contribution in [3.05, 3.63) is 29.6 Å². The first-order valence-electron chi connectivity index (χ1n) is 7.96. The average Bonchev–Trinajstić information content (AvgIpc) is 2.37. The monoisotopic (exact) mass is 323 g/mol. The van der Waals surface area contributed by atoms with Crippen molar-refractivity contribution in [3.63, 3.8) is 0 Å². The maximum absolute atomic E-state index is 13.5. The van der Waals surface area contributed by atoms with Crippen molar-refractivity contribution in [3.8, 4) is 0 Å². The summed E-state index contributed by atoms with van der Waals surface area (Å²) in [6.07, 6.45) is 0.543. The number of carbonyl (C=O) groups excluding carboxylic acids is 1. The number of carbonyl (C=O) groups is 1. The van der Waals surface area contributed by atoms with Gasteiger partial charge in [-0.05, 0) is 57.9 Å². The van der Waals surface area contributed by atoms with Crippen LogP contribution in [0.2, 0.25) is 0 Å². The second-order valence-corrected chi connectivity index (χ2v) is 7.01. The van der Waals surface area contributed by atoms with Gasteiger partial charge < -0.3 is 20.7 Å². The number of amides is 1. The summed E-state index contributed by atoms with van der Waals surface area (Å²) in [5, 5.41) is 2.79. The fourth-order valence-electron chi connectivity index (χ4n) is 2.64. The van der Waals surface area contributed by atoms with Gasteiger partial charge in [0.05, 0.1) is 0 Å². The minimum atomic E-state index is -0.511. The van der Waals surface area contributed by atoms with Gasteiger partial charge in [-0.2, -0.15) is 0 Å². The molecule has 23 heavy (non-hydrogen) atoms. The molecule has 3 N–H and O–H groups in total. The van der Waals surface area contributed by atoms with Crippen LogP contribution in [0.3, 0.4) is 0 Å². The quantitative estimate of drug-likeness (QED) is 0.894. The summed E-state index contributed by atoms with van der Waals surface area (Å²) in [7, 11) is 0. The van der Waals surface area contributed by atoms with Gasteiger partial charge in [-0.1, -0.05) is 0 Å². The first-order chi connectivity index (χ1) is 10.7. The molecule has 0 radical (unpaired) electrons. The minimum absolute atomic E-state index is 0.172. The van der Waals surface area contributed by atoms with E-state index in [1.165, 1.54) is 12.1 Å². The van der Waals surface area contributed by atoms with Crippen molar-refractivity contribution in [2.75, 3.05) is 18.0 Å². The van der Waals surface area contributed by atoms with Crippen molar-refractivity contribution in [1.29, 1.82) is 0 Å². The van der Waals surface area contributed by atoms with Crippen molar-refractivity contribution in [1.82, 2.24) is 5.32 Å². The maximum Gasteiger partial charge on any atom is 0.407 e. The topological polar surface area (TPSA) is 67.6 Å². The largest absolute Gasteiger partial charge is 0.444 e. The van der Waals surface area contributed by atoms with Crippen LogP contribution < -0.4 is 16.0 Å². The molecule has 128 valence electrons. The van der Waals surface area contributed by atoms with Crippen molar-refractivity contribution in [2.24, 2.45) is 5.73 Å². The van der Waals surface area contributed by atoms with Crippen LogP contribution in [0.25, 0.3) is 0 Å². The first kappa shape index (κ1) is 17.5. The lowest BCUT2D eigenvalue weighted by Gasteiger charge is -2.44. The number of nitrogens with one attached hydrogen (secondary N) is 1. The van der Waals surface area contributed by atoms with Crippen LogP contribution in [-0.4, -0.2) is 30.8 Å². The zero-order chi connectivity index (χ0) is 17.2. The Labute approximate surface area is 137 Å². The molecule has 1 aliphatic heterocycles. The van der Waals surface area contributed by atoms with E-state index >= 15 is 0 Å². The third-order valence-electron chi connectivity index (χ3n) is 3.81. The fourth-order valence-corrected chi connectivity index (χ4v) is 2.64. The van der Waals surface area contributed by atoms with Crippen LogP contribution >= 0.6 is 0 Å². The highest BCUT2D eigenvalue weighted by Crippen LogP contribution is 2.32. The predicted octanol–water partition coefficient (Wildman–Crippen LogP) is 2.95. The molecule has 0 bridgehead atoms. The van der Waals surface area contributed by atoms with Gasteiger partial charge in [0.1, 0.15) is 11.4 Å². The second-order valence-electron chi connectivity index (χ2n) is 7.01. The summed E-state index contributed by atoms with van der Waals surface area (Å²) in [6, 6.07) is 4.61. The van der Waals surface area contributed by atoms with Gasteiger partial charge in [0, 0.05) is 30.9 Å². The van der Waals surface area contributed by atoms with E-state index < -0.39 is 11.7 Å². The normalized spacial score (nSPS) is 19.0. The number of nitrogens with two attached hydrogens (primary N) is 1. The van der Waals surface area contributed by atoms with E-state index in [2.05, 4.69) is 10.2 Å². The number of hydrogen-bond acceptors (Lipinski definition) is 4.